The number of fused-ring (bicyclic) bond motifs is 1. The minimum atomic E-state index is -4.63. The van der Waals surface area contributed by atoms with Crippen LogP contribution in [0.5, 0.6) is 17.2 Å². The molecule has 0 N–H and O–H groups in total. The number of halogens is 4. The first-order valence-electron chi connectivity index (χ1n) is 19.0. The topological polar surface area (TPSA) is 96.4 Å². The van der Waals surface area contributed by atoms with E-state index in [9.17, 15) is 22.4 Å². The van der Waals surface area contributed by atoms with Gasteiger partial charge in [0.2, 0.25) is 0 Å². The van der Waals surface area contributed by atoms with Gasteiger partial charge >= 0.3 is 6.18 Å². The van der Waals surface area contributed by atoms with E-state index in [-0.39, 0.29) is 34.2 Å². The molecule has 3 aromatic rings. The normalized spacial score (nSPS) is 20.8. The van der Waals surface area contributed by atoms with Crippen LogP contribution in [0.1, 0.15) is 67.6 Å². The number of anilines is 1. The Labute approximate surface area is 312 Å². The molecule has 0 bridgehead atoms. The molecule has 3 saturated heterocycles. The van der Waals surface area contributed by atoms with Crippen molar-refractivity contribution in [3.63, 3.8) is 0 Å². The number of alkyl halides is 3. The molecule has 1 aromatic carbocycles. The fourth-order valence-electron chi connectivity index (χ4n) is 8.89. The van der Waals surface area contributed by atoms with Crippen molar-refractivity contribution in [1.82, 2.24) is 29.7 Å². The molecule has 4 fully saturated rings. The molecule has 0 radical (unpaired) electrons. The lowest BCUT2D eigenvalue weighted by Crippen LogP contribution is -2.65. The van der Waals surface area contributed by atoms with Crippen molar-refractivity contribution in [1.29, 1.82) is 0 Å². The lowest BCUT2D eigenvalue weighted by molar-refractivity contribution is -0.143. The Balaban J connectivity index is 0.857. The first-order chi connectivity index (χ1) is 25.9. The molecule has 11 nitrogen and oxygen atoms in total. The third-order valence-electron chi connectivity index (χ3n) is 11.6. The fraction of sp³-hybridized carbons (Fsp3) is 0.590. The highest BCUT2D eigenvalue weighted by atomic mass is 19.4. The molecular formula is C39H47F4N7O4. The van der Waals surface area contributed by atoms with E-state index in [0.717, 1.165) is 95.1 Å². The number of benzene rings is 1. The second-order valence-electron chi connectivity index (χ2n) is 16.1. The van der Waals surface area contributed by atoms with Crippen LogP contribution in [0.2, 0.25) is 0 Å². The first-order valence-corrected chi connectivity index (χ1v) is 19.0. The van der Waals surface area contributed by atoms with E-state index in [1.807, 2.05) is 12.3 Å². The van der Waals surface area contributed by atoms with Gasteiger partial charge in [-0.25, -0.2) is 14.4 Å². The van der Waals surface area contributed by atoms with E-state index in [1.165, 1.54) is 50.8 Å². The van der Waals surface area contributed by atoms with Crippen LogP contribution in [-0.4, -0.2) is 118 Å². The van der Waals surface area contributed by atoms with Crippen molar-refractivity contribution in [2.75, 3.05) is 63.9 Å². The van der Waals surface area contributed by atoms with E-state index in [1.54, 1.807) is 0 Å². The third kappa shape index (κ3) is 7.72. The average molecular weight is 754 g/mol. The summed E-state index contributed by atoms with van der Waals surface area (Å²) >= 11 is 0. The zero-order valence-electron chi connectivity index (χ0n) is 30.8. The smallest absolute Gasteiger partial charge is 0.406 e. The highest BCUT2D eigenvalue weighted by Crippen LogP contribution is 2.52. The summed E-state index contributed by atoms with van der Waals surface area (Å²) in [6.07, 6.45) is 6.33. The van der Waals surface area contributed by atoms with Gasteiger partial charge in [0.1, 0.15) is 36.3 Å². The van der Waals surface area contributed by atoms with Gasteiger partial charge in [0.15, 0.2) is 11.6 Å². The van der Waals surface area contributed by atoms with Crippen LogP contribution in [0.25, 0.3) is 0 Å². The Hall–Kier alpha value is -4.08. The van der Waals surface area contributed by atoms with Gasteiger partial charge in [-0.2, -0.15) is 13.2 Å². The second kappa shape index (κ2) is 14.5. The maximum absolute atomic E-state index is 14.3. The van der Waals surface area contributed by atoms with Gasteiger partial charge in [0.05, 0.1) is 17.4 Å². The minimum absolute atomic E-state index is 0.0529. The number of ether oxygens (including phenoxy) is 3. The Morgan fingerprint density at radius 1 is 1.06 bits per heavy atom. The van der Waals surface area contributed by atoms with Crippen LogP contribution in [0, 0.1) is 11.2 Å². The molecule has 2 spiro atoms. The van der Waals surface area contributed by atoms with Crippen molar-refractivity contribution >= 4 is 11.7 Å². The largest absolute Gasteiger partial charge is 0.490 e. The molecule has 2 aromatic heterocycles. The maximum atomic E-state index is 14.3. The van der Waals surface area contributed by atoms with Crippen LogP contribution < -0.4 is 14.4 Å². The quantitative estimate of drug-likeness (QED) is 0.209. The molecule has 5 aliphatic rings. The van der Waals surface area contributed by atoms with E-state index in [0.29, 0.717) is 23.8 Å². The summed E-state index contributed by atoms with van der Waals surface area (Å²) in [6, 6.07) is 4.43. The summed E-state index contributed by atoms with van der Waals surface area (Å²) in [7, 11) is 0. The summed E-state index contributed by atoms with van der Waals surface area (Å²) in [5.74, 6) is -0.213. The van der Waals surface area contributed by atoms with Crippen LogP contribution in [0.15, 0.2) is 43.0 Å². The first kappa shape index (κ1) is 36.9. The number of amides is 1. The van der Waals surface area contributed by atoms with Gasteiger partial charge in [-0.05, 0) is 83.3 Å². The number of rotatable bonds is 12. The predicted octanol–water partition coefficient (Wildman–Crippen LogP) is 5.88. The second-order valence-corrected chi connectivity index (χ2v) is 16.1. The molecule has 0 unspecified atom stereocenters. The van der Waals surface area contributed by atoms with E-state index < -0.39 is 30.5 Å². The lowest BCUT2D eigenvalue weighted by atomic mass is 9.61. The number of aromatic nitrogens is 3. The SMILES string of the molecule is CC(C)N(CC(F)(F)F)C(=O)c1cc(F)ccc1Oc1cncnc1N1CC2(CC(Oc3ccnc4c3CN(CCCN3CC5(CCCO5)C3)CC4)C2)C1. The van der Waals surface area contributed by atoms with Crippen molar-refractivity contribution in [2.24, 2.45) is 5.41 Å². The zero-order chi connectivity index (χ0) is 37.7. The Morgan fingerprint density at radius 3 is 2.59 bits per heavy atom. The van der Waals surface area contributed by atoms with Gasteiger partial charge < -0.3 is 24.0 Å². The van der Waals surface area contributed by atoms with E-state index in [4.69, 9.17) is 14.2 Å². The molecule has 290 valence electrons. The standard InChI is InChI=1S/C39H47F4N7O4/c1-26(2)50(24-39(41,42)43)36(51)29-15-27(40)5-6-32(29)54-34-18-44-25-46-35(34)49-20-37(21-49)16-28(17-37)53-33-7-10-45-31-8-13-47(19-30(31)33)11-4-12-48-22-38(23-48)9-3-14-52-38/h5-7,10,15,18,25-26,28H,3-4,8-9,11-14,16-17,19-24H2,1-2H3. The molecule has 4 aliphatic heterocycles. The number of carbonyl (C=O) groups is 1. The van der Waals surface area contributed by atoms with Crippen LogP contribution >= 0.6 is 0 Å². The molecule has 1 aliphatic carbocycles. The van der Waals surface area contributed by atoms with Crippen molar-refractivity contribution in [2.45, 2.75) is 82.8 Å². The highest BCUT2D eigenvalue weighted by Gasteiger charge is 2.54. The van der Waals surface area contributed by atoms with Gasteiger partial charge in [0, 0.05) is 81.2 Å². The minimum Gasteiger partial charge on any atom is -0.490 e. The van der Waals surface area contributed by atoms with Crippen molar-refractivity contribution in [3.05, 3.63) is 65.6 Å². The summed E-state index contributed by atoms with van der Waals surface area (Å²) in [5, 5.41) is 0. The Kier molecular flexibility index (Phi) is 9.92. The monoisotopic (exact) mass is 753 g/mol. The Bertz CT molecular complexity index is 1830. The van der Waals surface area contributed by atoms with Gasteiger partial charge in [0.25, 0.3) is 5.91 Å². The average Bonchev–Trinajstić information content (AvgIpc) is 3.58. The molecule has 8 rings (SSSR count). The van der Waals surface area contributed by atoms with Gasteiger partial charge in [-0.15, -0.1) is 0 Å². The molecule has 0 atom stereocenters. The van der Waals surface area contributed by atoms with Gasteiger partial charge in [-0.3, -0.25) is 19.6 Å². The van der Waals surface area contributed by atoms with E-state index >= 15 is 0 Å². The summed E-state index contributed by atoms with van der Waals surface area (Å²) < 4.78 is 73.0. The number of pyridine rings is 1. The summed E-state index contributed by atoms with van der Waals surface area (Å²) in [5.41, 5.74) is 2.20. The summed E-state index contributed by atoms with van der Waals surface area (Å²) in [4.78, 5) is 34.3. The lowest BCUT2D eigenvalue weighted by Gasteiger charge is -2.59. The fourth-order valence-corrected chi connectivity index (χ4v) is 8.89. The van der Waals surface area contributed by atoms with Gasteiger partial charge in [-0.1, -0.05) is 0 Å². The predicted molar refractivity (Wildman–Crippen MR) is 191 cm³/mol. The summed E-state index contributed by atoms with van der Waals surface area (Å²) in [6.45, 7) is 9.91. The van der Waals surface area contributed by atoms with Crippen LogP contribution in [0.3, 0.4) is 0 Å². The molecule has 1 saturated carbocycles. The molecular weight excluding hydrogens is 706 g/mol. The number of likely N-dealkylation sites (tertiary alicyclic amines) is 1. The van der Waals surface area contributed by atoms with Crippen molar-refractivity contribution < 1.29 is 36.6 Å². The molecule has 1 amide bonds. The number of carbonyl (C=O) groups excluding carboxylic acids is 1. The number of hydrogen-bond donors (Lipinski definition) is 0. The number of nitrogens with zero attached hydrogens (tertiary/aromatic N) is 7. The van der Waals surface area contributed by atoms with Crippen LogP contribution in [0.4, 0.5) is 23.4 Å². The molecule has 15 heteroatoms. The number of hydrogen-bond acceptors (Lipinski definition) is 10. The molecule has 6 heterocycles. The molecule has 54 heavy (non-hydrogen) atoms. The van der Waals surface area contributed by atoms with Crippen LogP contribution in [-0.2, 0) is 17.7 Å². The highest BCUT2D eigenvalue weighted by molar-refractivity contribution is 5.97. The van der Waals surface area contributed by atoms with E-state index in [2.05, 4.69) is 29.7 Å². The Morgan fingerprint density at radius 2 is 1.85 bits per heavy atom. The zero-order valence-corrected chi connectivity index (χ0v) is 30.8. The maximum Gasteiger partial charge on any atom is 0.406 e. The third-order valence-corrected chi connectivity index (χ3v) is 11.6. The van der Waals surface area contributed by atoms with Crippen molar-refractivity contribution in [3.8, 4) is 17.2 Å².